The van der Waals surface area contributed by atoms with Crippen LogP contribution < -0.4 is 10.1 Å². The van der Waals surface area contributed by atoms with Crippen LogP contribution in [0.1, 0.15) is 12.5 Å². The molecular weight excluding hydrogens is 241 g/mol. The van der Waals surface area contributed by atoms with Crippen LogP contribution in [-0.2, 0) is 6.42 Å². The van der Waals surface area contributed by atoms with Crippen LogP contribution in [-0.4, -0.2) is 13.2 Å². The molecule has 1 unspecified atom stereocenters. The van der Waals surface area contributed by atoms with Gasteiger partial charge in [0.2, 0.25) is 0 Å². The lowest BCUT2D eigenvalue weighted by molar-refractivity contribution is 0.415. The average Bonchev–Trinajstić information content (AvgIpc) is 2.38. The van der Waals surface area contributed by atoms with Gasteiger partial charge in [-0.05, 0) is 43.2 Å². The molecule has 0 saturated heterocycles. The smallest absolute Gasteiger partial charge is 0.123 e. The average molecular weight is 259 g/mol. The summed E-state index contributed by atoms with van der Waals surface area (Å²) in [6.45, 7) is 2.07. The summed E-state index contributed by atoms with van der Waals surface area (Å²) >= 11 is 0. The predicted octanol–water partition coefficient (Wildman–Crippen LogP) is 3.88. The van der Waals surface area contributed by atoms with Crippen molar-refractivity contribution in [1.29, 1.82) is 0 Å². The molecule has 1 atom stereocenters. The Morgan fingerprint density at radius 2 is 1.95 bits per heavy atom. The van der Waals surface area contributed by atoms with Crippen molar-refractivity contribution in [3.8, 4) is 5.75 Å². The maximum Gasteiger partial charge on any atom is 0.123 e. The number of rotatable bonds is 5. The zero-order valence-electron chi connectivity index (χ0n) is 11.2. The quantitative estimate of drug-likeness (QED) is 0.880. The van der Waals surface area contributed by atoms with Crippen LogP contribution in [0.2, 0.25) is 0 Å². The third-order valence-electron chi connectivity index (χ3n) is 2.91. The number of halogens is 1. The van der Waals surface area contributed by atoms with E-state index in [-0.39, 0.29) is 11.9 Å². The van der Waals surface area contributed by atoms with Gasteiger partial charge in [0.15, 0.2) is 0 Å². The number of ether oxygens (including phenoxy) is 1. The van der Waals surface area contributed by atoms with Crippen LogP contribution in [0.3, 0.4) is 0 Å². The van der Waals surface area contributed by atoms with Gasteiger partial charge in [0, 0.05) is 17.8 Å². The molecule has 2 rings (SSSR count). The molecule has 0 heterocycles. The molecule has 0 spiro atoms. The first kappa shape index (κ1) is 13.4. The number of nitrogens with one attached hydrogen (secondary N) is 1. The molecular formula is C16H18FNO. The van der Waals surface area contributed by atoms with Gasteiger partial charge in [-0.3, -0.25) is 0 Å². The van der Waals surface area contributed by atoms with Gasteiger partial charge in [-0.15, -0.1) is 0 Å². The van der Waals surface area contributed by atoms with E-state index in [4.69, 9.17) is 4.74 Å². The van der Waals surface area contributed by atoms with Crippen molar-refractivity contribution in [3.63, 3.8) is 0 Å². The maximum absolute atomic E-state index is 13.1. The summed E-state index contributed by atoms with van der Waals surface area (Å²) in [5.74, 6) is 0.633. The molecule has 0 radical (unpaired) electrons. The van der Waals surface area contributed by atoms with E-state index in [0.29, 0.717) is 0 Å². The Bertz CT molecular complexity index is 542. The number of anilines is 1. The molecule has 0 saturated carbocycles. The summed E-state index contributed by atoms with van der Waals surface area (Å²) in [5.41, 5.74) is 1.99. The van der Waals surface area contributed by atoms with Gasteiger partial charge in [0.05, 0.1) is 7.11 Å². The van der Waals surface area contributed by atoms with Gasteiger partial charge >= 0.3 is 0 Å². The highest BCUT2D eigenvalue weighted by Crippen LogP contribution is 2.18. The van der Waals surface area contributed by atoms with Crippen molar-refractivity contribution in [2.24, 2.45) is 0 Å². The molecule has 0 bridgehead atoms. The van der Waals surface area contributed by atoms with E-state index < -0.39 is 0 Å². The van der Waals surface area contributed by atoms with Gasteiger partial charge in [0.1, 0.15) is 11.6 Å². The topological polar surface area (TPSA) is 21.3 Å². The maximum atomic E-state index is 13.1. The van der Waals surface area contributed by atoms with Crippen molar-refractivity contribution < 1.29 is 9.13 Å². The second-order valence-corrected chi connectivity index (χ2v) is 4.61. The molecule has 0 aromatic heterocycles. The lowest BCUT2D eigenvalue weighted by Gasteiger charge is -2.16. The molecule has 0 fully saturated rings. The standard InChI is InChI=1S/C16H18FNO/c1-12(9-13-5-3-6-14(17)10-13)18-15-7-4-8-16(11-15)19-2/h3-8,10-12,18H,9H2,1-2H3. The minimum atomic E-state index is -0.189. The van der Waals surface area contributed by atoms with Crippen molar-refractivity contribution in [2.45, 2.75) is 19.4 Å². The summed E-state index contributed by atoms with van der Waals surface area (Å²) in [4.78, 5) is 0. The van der Waals surface area contributed by atoms with Gasteiger partial charge in [0.25, 0.3) is 0 Å². The van der Waals surface area contributed by atoms with E-state index in [9.17, 15) is 4.39 Å². The fourth-order valence-electron chi connectivity index (χ4n) is 2.07. The Morgan fingerprint density at radius 1 is 1.16 bits per heavy atom. The van der Waals surface area contributed by atoms with E-state index in [0.717, 1.165) is 23.4 Å². The molecule has 100 valence electrons. The minimum absolute atomic E-state index is 0.189. The first-order valence-corrected chi connectivity index (χ1v) is 6.32. The summed E-state index contributed by atoms with van der Waals surface area (Å²) < 4.78 is 18.3. The zero-order valence-corrected chi connectivity index (χ0v) is 11.2. The Balaban J connectivity index is 1.98. The van der Waals surface area contributed by atoms with Crippen molar-refractivity contribution >= 4 is 5.69 Å². The van der Waals surface area contributed by atoms with Gasteiger partial charge in [-0.25, -0.2) is 4.39 Å². The fraction of sp³-hybridized carbons (Fsp3) is 0.250. The van der Waals surface area contributed by atoms with E-state index in [1.165, 1.54) is 6.07 Å². The Kier molecular flexibility index (Phi) is 4.39. The number of hydrogen-bond donors (Lipinski definition) is 1. The molecule has 3 heteroatoms. The number of methoxy groups -OCH3 is 1. The van der Waals surface area contributed by atoms with E-state index >= 15 is 0 Å². The minimum Gasteiger partial charge on any atom is -0.497 e. The summed E-state index contributed by atoms with van der Waals surface area (Å²) in [7, 11) is 1.65. The van der Waals surface area contributed by atoms with Crippen molar-refractivity contribution in [1.82, 2.24) is 0 Å². The van der Waals surface area contributed by atoms with E-state index in [2.05, 4.69) is 12.2 Å². The first-order valence-electron chi connectivity index (χ1n) is 6.32. The number of benzene rings is 2. The summed E-state index contributed by atoms with van der Waals surface area (Å²) in [6, 6.07) is 14.7. The molecule has 19 heavy (non-hydrogen) atoms. The van der Waals surface area contributed by atoms with E-state index in [1.54, 1.807) is 19.2 Å². The fourth-order valence-corrected chi connectivity index (χ4v) is 2.07. The Morgan fingerprint density at radius 3 is 2.68 bits per heavy atom. The first-order chi connectivity index (χ1) is 9.17. The Labute approximate surface area is 113 Å². The zero-order chi connectivity index (χ0) is 13.7. The molecule has 0 aliphatic carbocycles. The summed E-state index contributed by atoms with van der Waals surface area (Å²) in [5, 5.41) is 3.38. The highest BCUT2D eigenvalue weighted by Gasteiger charge is 2.05. The second kappa shape index (κ2) is 6.23. The monoisotopic (exact) mass is 259 g/mol. The normalized spacial score (nSPS) is 11.9. The van der Waals surface area contributed by atoms with Crippen LogP contribution in [0.5, 0.6) is 5.75 Å². The third-order valence-corrected chi connectivity index (χ3v) is 2.91. The molecule has 0 aliphatic rings. The van der Waals surface area contributed by atoms with Crippen LogP contribution in [0.15, 0.2) is 48.5 Å². The predicted molar refractivity (Wildman–Crippen MR) is 76.2 cm³/mol. The van der Waals surface area contributed by atoms with Crippen molar-refractivity contribution in [3.05, 3.63) is 59.9 Å². The highest BCUT2D eigenvalue weighted by atomic mass is 19.1. The molecule has 0 aliphatic heterocycles. The van der Waals surface area contributed by atoms with Crippen molar-refractivity contribution in [2.75, 3.05) is 12.4 Å². The van der Waals surface area contributed by atoms with Gasteiger partial charge in [-0.2, -0.15) is 0 Å². The lowest BCUT2D eigenvalue weighted by Crippen LogP contribution is -2.18. The van der Waals surface area contributed by atoms with Crippen LogP contribution in [0, 0.1) is 5.82 Å². The largest absolute Gasteiger partial charge is 0.497 e. The number of hydrogen-bond acceptors (Lipinski definition) is 2. The Hall–Kier alpha value is -2.03. The molecule has 2 aromatic rings. The van der Waals surface area contributed by atoms with Crippen LogP contribution >= 0.6 is 0 Å². The molecule has 0 amide bonds. The highest BCUT2D eigenvalue weighted by molar-refractivity contribution is 5.48. The second-order valence-electron chi connectivity index (χ2n) is 4.61. The third kappa shape index (κ3) is 3.98. The van der Waals surface area contributed by atoms with E-state index in [1.807, 2.05) is 30.3 Å². The van der Waals surface area contributed by atoms with Gasteiger partial charge < -0.3 is 10.1 Å². The molecule has 2 aromatic carbocycles. The van der Waals surface area contributed by atoms with Gasteiger partial charge in [-0.1, -0.05) is 18.2 Å². The SMILES string of the molecule is COc1cccc(NC(C)Cc2cccc(F)c2)c1. The van der Waals surface area contributed by atoms with Crippen LogP contribution in [0.4, 0.5) is 10.1 Å². The molecule has 2 nitrogen and oxygen atoms in total. The summed E-state index contributed by atoms with van der Waals surface area (Å²) in [6.07, 6.45) is 0.773. The lowest BCUT2D eigenvalue weighted by atomic mass is 10.1. The van der Waals surface area contributed by atoms with Crippen LogP contribution in [0.25, 0.3) is 0 Å². The molecule has 1 N–H and O–H groups in total.